The molecule has 4 heteroatoms. The van der Waals surface area contributed by atoms with Crippen LogP contribution >= 0.6 is 0 Å². The van der Waals surface area contributed by atoms with Gasteiger partial charge in [0.05, 0.1) is 12.8 Å². The number of phenols is 1. The molecule has 0 amide bonds. The second-order valence-corrected chi connectivity index (χ2v) is 3.86. The smallest absolute Gasteiger partial charge is 0.341 e. The van der Waals surface area contributed by atoms with Gasteiger partial charge in [-0.05, 0) is 23.8 Å². The summed E-state index contributed by atoms with van der Waals surface area (Å²) in [5.41, 5.74) is 1.63. The molecule has 0 aliphatic carbocycles. The molecular weight excluding hydrogens is 242 g/mol. The molecule has 0 saturated carbocycles. The van der Waals surface area contributed by atoms with E-state index in [1.165, 1.54) is 19.2 Å². The van der Waals surface area contributed by atoms with Gasteiger partial charge < -0.3 is 9.84 Å². The molecule has 0 radical (unpaired) electrons. The number of ether oxygens (including phenoxy) is 1. The first-order valence-electron chi connectivity index (χ1n) is 5.71. The Bertz CT molecular complexity index is 606. The molecule has 0 unspecified atom stereocenters. The molecule has 0 atom stereocenters. The standard InChI is InChI=1S/C15H13NO3/c1-19-15(18)13-9-12(7-8-14(13)17)16-10-11-5-3-2-4-6-11/h2-10,17H,1H3. The molecule has 0 saturated heterocycles. The molecule has 0 heterocycles. The molecule has 1 N–H and O–H groups in total. The highest BCUT2D eigenvalue weighted by Crippen LogP contribution is 2.23. The molecule has 0 bridgehead atoms. The molecule has 0 fully saturated rings. The Kier molecular flexibility index (Phi) is 3.93. The van der Waals surface area contributed by atoms with E-state index in [2.05, 4.69) is 9.73 Å². The molecule has 0 aromatic heterocycles. The van der Waals surface area contributed by atoms with Gasteiger partial charge in [-0.2, -0.15) is 0 Å². The van der Waals surface area contributed by atoms with Crippen LogP contribution in [0.25, 0.3) is 0 Å². The van der Waals surface area contributed by atoms with Crippen LogP contribution in [0.2, 0.25) is 0 Å². The van der Waals surface area contributed by atoms with E-state index in [4.69, 9.17) is 0 Å². The molecule has 0 aliphatic heterocycles. The summed E-state index contributed by atoms with van der Waals surface area (Å²) in [5, 5.41) is 9.57. The third kappa shape index (κ3) is 3.19. The number of methoxy groups -OCH3 is 1. The van der Waals surface area contributed by atoms with Gasteiger partial charge in [-0.15, -0.1) is 0 Å². The summed E-state index contributed by atoms with van der Waals surface area (Å²) in [5.74, 6) is -0.709. The lowest BCUT2D eigenvalue weighted by Crippen LogP contribution is -2.00. The minimum absolute atomic E-state index is 0.102. The monoisotopic (exact) mass is 255 g/mol. The number of carbonyl (C=O) groups is 1. The summed E-state index contributed by atoms with van der Waals surface area (Å²) in [4.78, 5) is 15.7. The number of aromatic hydroxyl groups is 1. The van der Waals surface area contributed by atoms with Gasteiger partial charge in [0.1, 0.15) is 11.3 Å². The van der Waals surface area contributed by atoms with E-state index in [0.29, 0.717) is 5.69 Å². The molecule has 0 aliphatic rings. The number of aliphatic imine (C=N–C) groups is 1. The van der Waals surface area contributed by atoms with E-state index in [1.54, 1.807) is 12.3 Å². The van der Waals surface area contributed by atoms with Gasteiger partial charge in [0.15, 0.2) is 0 Å². The average molecular weight is 255 g/mol. The van der Waals surface area contributed by atoms with Crippen molar-refractivity contribution in [2.24, 2.45) is 4.99 Å². The zero-order chi connectivity index (χ0) is 13.7. The number of carbonyl (C=O) groups excluding carboxylic acids is 1. The van der Waals surface area contributed by atoms with E-state index >= 15 is 0 Å². The van der Waals surface area contributed by atoms with Crippen molar-refractivity contribution in [3.63, 3.8) is 0 Å². The van der Waals surface area contributed by atoms with Crippen LogP contribution in [0.1, 0.15) is 15.9 Å². The maximum absolute atomic E-state index is 11.4. The van der Waals surface area contributed by atoms with Crippen LogP contribution in [0.3, 0.4) is 0 Å². The van der Waals surface area contributed by atoms with Crippen molar-refractivity contribution in [3.05, 3.63) is 59.7 Å². The summed E-state index contributed by atoms with van der Waals surface area (Å²) < 4.78 is 4.58. The van der Waals surface area contributed by atoms with E-state index < -0.39 is 5.97 Å². The van der Waals surface area contributed by atoms with Gasteiger partial charge in [0.25, 0.3) is 0 Å². The van der Waals surface area contributed by atoms with Crippen molar-refractivity contribution in [3.8, 4) is 5.75 Å². The van der Waals surface area contributed by atoms with Gasteiger partial charge in [-0.3, -0.25) is 4.99 Å². The molecular formula is C15H13NO3. The van der Waals surface area contributed by atoms with Crippen molar-refractivity contribution in [2.75, 3.05) is 7.11 Å². The van der Waals surface area contributed by atoms with Gasteiger partial charge in [0, 0.05) is 6.21 Å². The molecule has 2 rings (SSSR count). The van der Waals surface area contributed by atoms with Gasteiger partial charge in [-0.1, -0.05) is 30.3 Å². The Hall–Kier alpha value is -2.62. The Morgan fingerprint density at radius 1 is 1.21 bits per heavy atom. The minimum atomic E-state index is -0.589. The minimum Gasteiger partial charge on any atom is -0.507 e. The predicted molar refractivity (Wildman–Crippen MR) is 73.1 cm³/mol. The number of hydrogen-bond acceptors (Lipinski definition) is 4. The quantitative estimate of drug-likeness (QED) is 0.677. The third-order valence-electron chi connectivity index (χ3n) is 2.55. The molecule has 2 aromatic carbocycles. The average Bonchev–Trinajstić information content (AvgIpc) is 2.46. The van der Waals surface area contributed by atoms with Crippen molar-refractivity contribution in [2.45, 2.75) is 0 Å². The maximum Gasteiger partial charge on any atom is 0.341 e. The Balaban J connectivity index is 2.27. The van der Waals surface area contributed by atoms with E-state index in [0.717, 1.165) is 5.56 Å². The fourth-order valence-electron chi connectivity index (χ4n) is 1.57. The third-order valence-corrected chi connectivity index (χ3v) is 2.55. The lowest BCUT2D eigenvalue weighted by atomic mass is 10.2. The Morgan fingerprint density at radius 3 is 2.63 bits per heavy atom. The van der Waals surface area contributed by atoms with E-state index in [-0.39, 0.29) is 11.3 Å². The summed E-state index contributed by atoms with van der Waals surface area (Å²) in [6, 6.07) is 14.1. The van der Waals surface area contributed by atoms with E-state index in [1.807, 2.05) is 30.3 Å². The largest absolute Gasteiger partial charge is 0.507 e. The van der Waals surface area contributed by atoms with Crippen molar-refractivity contribution in [1.82, 2.24) is 0 Å². The van der Waals surface area contributed by atoms with Gasteiger partial charge in [-0.25, -0.2) is 4.79 Å². The fourth-order valence-corrected chi connectivity index (χ4v) is 1.57. The van der Waals surface area contributed by atoms with Crippen molar-refractivity contribution >= 4 is 17.9 Å². The second kappa shape index (κ2) is 5.82. The van der Waals surface area contributed by atoms with Crippen LogP contribution < -0.4 is 0 Å². The van der Waals surface area contributed by atoms with Crippen molar-refractivity contribution < 1.29 is 14.6 Å². The molecule has 2 aromatic rings. The highest BCUT2D eigenvalue weighted by Gasteiger charge is 2.11. The SMILES string of the molecule is COC(=O)c1cc(N=Cc2ccccc2)ccc1O. The highest BCUT2D eigenvalue weighted by molar-refractivity contribution is 5.93. The normalized spacial score (nSPS) is 10.6. The van der Waals surface area contributed by atoms with Crippen LogP contribution in [0, 0.1) is 0 Å². The first-order valence-corrected chi connectivity index (χ1v) is 5.71. The molecule has 19 heavy (non-hydrogen) atoms. The van der Waals surface area contributed by atoms with Crippen LogP contribution in [-0.2, 0) is 4.74 Å². The van der Waals surface area contributed by atoms with Crippen LogP contribution in [0.5, 0.6) is 5.75 Å². The Morgan fingerprint density at radius 2 is 1.95 bits per heavy atom. The second-order valence-electron chi connectivity index (χ2n) is 3.86. The maximum atomic E-state index is 11.4. The zero-order valence-corrected chi connectivity index (χ0v) is 10.4. The predicted octanol–water partition coefficient (Wildman–Crippen LogP) is 2.93. The highest BCUT2D eigenvalue weighted by atomic mass is 16.5. The number of phenolic OH excluding ortho intramolecular Hbond substituents is 1. The lowest BCUT2D eigenvalue weighted by molar-refractivity contribution is 0.0597. The lowest BCUT2D eigenvalue weighted by Gasteiger charge is -2.03. The summed E-state index contributed by atoms with van der Waals surface area (Å²) in [7, 11) is 1.27. The first-order chi connectivity index (χ1) is 9.20. The first kappa shape index (κ1) is 12.8. The van der Waals surface area contributed by atoms with Gasteiger partial charge in [0.2, 0.25) is 0 Å². The number of nitrogens with zero attached hydrogens (tertiary/aromatic N) is 1. The number of rotatable bonds is 3. The number of hydrogen-bond donors (Lipinski definition) is 1. The number of esters is 1. The van der Waals surface area contributed by atoms with Crippen LogP contribution in [0.15, 0.2) is 53.5 Å². The summed E-state index contributed by atoms with van der Waals surface area (Å²) in [6.45, 7) is 0. The van der Waals surface area contributed by atoms with Crippen LogP contribution in [0.4, 0.5) is 5.69 Å². The topological polar surface area (TPSA) is 58.9 Å². The van der Waals surface area contributed by atoms with Gasteiger partial charge >= 0.3 is 5.97 Å². The summed E-state index contributed by atoms with van der Waals surface area (Å²) >= 11 is 0. The Labute approximate surface area is 111 Å². The number of benzene rings is 2. The van der Waals surface area contributed by atoms with Crippen LogP contribution in [-0.4, -0.2) is 24.4 Å². The molecule has 0 spiro atoms. The van der Waals surface area contributed by atoms with E-state index in [9.17, 15) is 9.90 Å². The summed E-state index contributed by atoms with van der Waals surface area (Å²) in [6.07, 6.45) is 1.69. The zero-order valence-electron chi connectivity index (χ0n) is 10.4. The molecule has 96 valence electrons. The molecule has 4 nitrogen and oxygen atoms in total. The van der Waals surface area contributed by atoms with Crippen molar-refractivity contribution in [1.29, 1.82) is 0 Å². The fraction of sp³-hybridized carbons (Fsp3) is 0.0667.